The molecule has 2 unspecified atom stereocenters. The number of hydrogen-bond donors (Lipinski definition) is 2. The van der Waals surface area contributed by atoms with Crippen LogP contribution in [0.1, 0.15) is 18.9 Å². The van der Waals surface area contributed by atoms with Crippen molar-refractivity contribution in [3.05, 3.63) is 12.2 Å². The third kappa shape index (κ3) is 1.31. The van der Waals surface area contributed by atoms with Crippen molar-refractivity contribution >= 4 is 0 Å². The molecule has 0 aliphatic heterocycles. The van der Waals surface area contributed by atoms with Gasteiger partial charge in [0.2, 0.25) is 5.89 Å². The molecule has 56 valence electrons. The highest BCUT2D eigenvalue weighted by atomic mass is 16.5. The van der Waals surface area contributed by atoms with Gasteiger partial charge in [0, 0.05) is 0 Å². The van der Waals surface area contributed by atoms with E-state index in [0.717, 1.165) is 0 Å². The smallest absolute Gasteiger partial charge is 0.245 e. The van der Waals surface area contributed by atoms with Gasteiger partial charge in [0.25, 0.3) is 0 Å². The van der Waals surface area contributed by atoms with Gasteiger partial charge in [0.05, 0.1) is 6.10 Å². The summed E-state index contributed by atoms with van der Waals surface area (Å²) < 4.78 is 4.61. The zero-order valence-electron chi connectivity index (χ0n) is 5.56. The second-order valence-corrected chi connectivity index (χ2v) is 2.05. The van der Waals surface area contributed by atoms with Crippen LogP contribution in [0.4, 0.5) is 0 Å². The topological polar surface area (TPSA) is 85.2 Å². The molecule has 2 atom stereocenters. The Balaban J connectivity index is 2.68. The van der Waals surface area contributed by atoms with Gasteiger partial charge in [-0.2, -0.15) is 4.98 Å². The van der Waals surface area contributed by atoms with Crippen LogP contribution in [-0.2, 0) is 0 Å². The highest BCUT2D eigenvalue weighted by Gasteiger charge is 2.16. The molecule has 0 radical (unpaired) electrons. The standard InChI is InChI=1S/C5H9N3O2/c1-3(9)4(6)5-7-2-8-10-5/h2-4,9H,6H2,1H3. The third-order valence-electron chi connectivity index (χ3n) is 1.18. The predicted molar refractivity (Wildman–Crippen MR) is 32.9 cm³/mol. The van der Waals surface area contributed by atoms with Gasteiger partial charge in [-0.3, -0.25) is 0 Å². The summed E-state index contributed by atoms with van der Waals surface area (Å²) >= 11 is 0. The van der Waals surface area contributed by atoms with Crippen molar-refractivity contribution in [2.45, 2.75) is 19.1 Å². The second kappa shape index (κ2) is 2.76. The first-order valence-electron chi connectivity index (χ1n) is 2.92. The molecule has 0 amide bonds. The first-order valence-corrected chi connectivity index (χ1v) is 2.92. The van der Waals surface area contributed by atoms with E-state index in [1.54, 1.807) is 6.92 Å². The number of nitrogens with two attached hydrogens (primary N) is 1. The van der Waals surface area contributed by atoms with Crippen molar-refractivity contribution in [2.24, 2.45) is 5.73 Å². The Hall–Kier alpha value is -0.940. The number of nitrogens with zero attached hydrogens (tertiary/aromatic N) is 2. The summed E-state index contributed by atoms with van der Waals surface area (Å²) in [6, 6.07) is -0.581. The molecule has 0 aromatic carbocycles. The van der Waals surface area contributed by atoms with Gasteiger partial charge in [-0.05, 0) is 6.92 Å². The summed E-state index contributed by atoms with van der Waals surface area (Å²) in [4.78, 5) is 3.67. The van der Waals surface area contributed by atoms with Crippen LogP contribution in [0.5, 0.6) is 0 Å². The molecule has 0 aliphatic rings. The molecule has 1 aromatic rings. The molecule has 1 heterocycles. The van der Waals surface area contributed by atoms with Gasteiger partial charge < -0.3 is 15.4 Å². The quantitative estimate of drug-likeness (QED) is 0.580. The van der Waals surface area contributed by atoms with Crippen molar-refractivity contribution in [1.82, 2.24) is 10.1 Å². The number of aliphatic hydroxyl groups excluding tert-OH is 1. The van der Waals surface area contributed by atoms with Gasteiger partial charge in [-0.25, -0.2) is 0 Å². The predicted octanol–water partition coefficient (Wildman–Crippen LogP) is -0.550. The van der Waals surface area contributed by atoms with E-state index in [1.807, 2.05) is 0 Å². The summed E-state index contributed by atoms with van der Waals surface area (Å²) in [6.07, 6.45) is 0.581. The summed E-state index contributed by atoms with van der Waals surface area (Å²) in [6.45, 7) is 1.56. The van der Waals surface area contributed by atoms with Crippen molar-refractivity contribution in [1.29, 1.82) is 0 Å². The van der Waals surface area contributed by atoms with Gasteiger partial charge in [0.1, 0.15) is 6.04 Å². The molecule has 0 saturated heterocycles. The SMILES string of the molecule is CC(O)C(N)c1ncno1. The Kier molecular flexibility index (Phi) is 1.98. The normalized spacial score (nSPS) is 16.7. The maximum Gasteiger partial charge on any atom is 0.245 e. The molecule has 5 heteroatoms. The number of rotatable bonds is 2. The van der Waals surface area contributed by atoms with Gasteiger partial charge in [-0.1, -0.05) is 5.16 Å². The van der Waals surface area contributed by atoms with Crippen LogP contribution in [-0.4, -0.2) is 21.4 Å². The number of aromatic nitrogens is 2. The lowest BCUT2D eigenvalue weighted by Crippen LogP contribution is -2.23. The van der Waals surface area contributed by atoms with Crippen LogP contribution in [0, 0.1) is 0 Å². The molecule has 0 saturated carbocycles. The highest BCUT2D eigenvalue weighted by Crippen LogP contribution is 2.08. The maximum absolute atomic E-state index is 8.94. The lowest BCUT2D eigenvalue weighted by atomic mass is 10.2. The summed E-state index contributed by atoms with van der Waals surface area (Å²) in [5, 5.41) is 12.3. The summed E-state index contributed by atoms with van der Waals surface area (Å²) in [5.74, 6) is 0.259. The van der Waals surface area contributed by atoms with Crippen molar-refractivity contribution in [3.8, 4) is 0 Å². The fourth-order valence-corrected chi connectivity index (χ4v) is 0.535. The van der Waals surface area contributed by atoms with E-state index in [2.05, 4.69) is 14.7 Å². The molecule has 1 aromatic heterocycles. The maximum atomic E-state index is 8.94. The van der Waals surface area contributed by atoms with Gasteiger partial charge in [0.15, 0.2) is 6.33 Å². The summed E-state index contributed by atoms with van der Waals surface area (Å²) in [7, 11) is 0. The minimum absolute atomic E-state index is 0.259. The molecular formula is C5H9N3O2. The Morgan fingerprint density at radius 3 is 2.90 bits per heavy atom. The molecular weight excluding hydrogens is 134 g/mol. The Labute approximate surface area is 57.8 Å². The first kappa shape index (κ1) is 7.17. The largest absolute Gasteiger partial charge is 0.391 e. The molecule has 3 N–H and O–H groups in total. The molecule has 10 heavy (non-hydrogen) atoms. The molecule has 1 rings (SSSR count). The van der Waals surface area contributed by atoms with Crippen LogP contribution in [0.15, 0.2) is 10.9 Å². The highest BCUT2D eigenvalue weighted by molar-refractivity contribution is 4.87. The van der Waals surface area contributed by atoms with Crippen LogP contribution in [0.25, 0.3) is 0 Å². The minimum Gasteiger partial charge on any atom is -0.391 e. The molecule has 0 spiro atoms. The lowest BCUT2D eigenvalue weighted by molar-refractivity contribution is 0.146. The average molecular weight is 143 g/mol. The van der Waals surface area contributed by atoms with E-state index in [4.69, 9.17) is 10.8 Å². The second-order valence-electron chi connectivity index (χ2n) is 2.05. The zero-order valence-corrected chi connectivity index (χ0v) is 5.56. The average Bonchev–Trinajstić information content (AvgIpc) is 2.36. The van der Waals surface area contributed by atoms with E-state index in [0.29, 0.717) is 0 Å². The fraction of sp³-hybridized carbons (Fsp3) is 0.600. The molecule has 0 aliphatic carbocycles. The van der Waals surface area contributed by atoms with E-state index in [-0.39, 0.29) is 5.89 Å². The van der Waals surface area contributed by atoms with Crippen molar-refractivity contribution in [3.63, 3.8) is 0 Å². The third-order valence-corrected chi connectivity index (χ3v) is 1.18. The van der Waals surface area contributed by atoms with E-state index in [1.165, 1.54) is 6.33 Å². The van der Waals surface area contributed by atoms with Gasteiger partial charge >= 0.3 is 0 Å². The zero-order chi connectivity index (χ0) is 7.56. The van der Waals surface area contributed by atoms with E-state index >= 15 is 0 Å². The van der Waals surface area contributed by atoms with Crippen molar-refractivity contribution < 1.29 is 9.63 Å². The lowest BCUT2D eigenvalue weighted by Gasteiger charge is -2.07. The summed E-state index contributed by atoms with van der Waals surface area (Å²) in [5.41, 5.74) is 5.44. The minimum atomic E-state index is -0.666. The van der Waals surface area contributed by atoms with E-state index in [9.17, 15) is 0 Å². The monoisotopic (exact) mass is 143 g/mol. The Morgan fingerprint density at radius 2 is 2.50 bits per heavy atom. The molecule has 0 bridgehead atoms. The Morgan fingerprint density at radius 1 is 1.80 bits per heavy atom. The Bertz CT molecular complexity index is 185. The number of aliphatic hydroxyl groups is 1. The van der Waals surface area contributed by atoms with Crippen molar-refractivity contribution in [2.75, 3.05) is 0 Å². The van der Waals surface area contributed by atoms with Gasteiger partial charge in [-0.15, -0.1) is 0 Å². The first-order chi connectivity index (χ1) is 4.72. The van der Waals surface area contributed by atoms with Crippen LogP contribution in [0.3, 0.4) is 0 Å². The number of hydrogen-bond acceptors (Lipinski definition) is 5. The van der Waals surface area contributed by atoms with Crippen LogP contribution < -0.4 is 5.73 Å². The van der Waals surface area contributed by atoms with E-state index < -0.39 is 12.1 Å². The van der Waals surface area contributed by atoms with Crippen LogP contribution >= 0.6 is 0 Å². The molecule has 0 fully saturated rings. The molecule has 5 nitrogen and oxygen atoms in total. The van der Waals surface area contributed by atoms with Crippen LogP contribution in [0.2, 0.25) is 0 Å². The fourth-order valence-electron chi connectivity index (χ4n) is 0.535.